The fourth-order valence-electron chi connectivity index (χ4n) is 3.13. The van der Waals surface area contributed by atoms with Crippen molar-refractivity contribution >= 4 is 17.2 Å². The van der Waals surface area contributed by atoms with Gasteiger partial charge in [-0.05, 0) is 20.3 Å². The number of aromatic nitrogens is 3. The van der Waals surface area contributed by atoms with Crippen LogP contribution in [0.4, 0.5) is 4.39 Å². The molecule has 3 rings (SSSR count). The number of thiazole rings is 1. The lowest BCUT2D eigenvalue weighted by atomic mass is 10.2. The van der Waals surface area contributed by atoms with Crippen molar-refractivity contribution in [3.05, 3.63) is 33.8 Å². The molecule has 0 aliphatic carbocycles. The predicted octanol–water partition coefficient (Wildman–Crippen LogP) is 2.17. The highest BCUT2D eigenvalue weighted by Crippen LogP contribution is 2.24. The van der Waals surface area contributed by atoms with E-state index in [-0.39, 0.29) is 11.9 Å². The number of carbonyl (C=O) groups is 1. The number of alkyl halides is 1. The molecule has 2 aromatic heterocycles. The Labute approximate surface area is 144 Å². The average molecular weight is 351 g/mol. The van der Waals surface area contributed by atoms with Gasteiger partial charge >= 0.3 is 0 Å². The first-order valence-corrected chi connectivity index (χ1v) is 8.86. The normalized spacial score (nSPS) is 21.3. The van der Waals surface area contributed by atoms with Crippen molar-refractivity contribution < 1.29 is 9.18 Å². The number of hydrogen-bond donors (Lipinski definition) is 1. The summed E-state index contributed by atoms with van der Waals surface area (Å²) in [6, 6.07) is -0.0000236. The van der Waals surface area contributed by atoms with Crippen LogP contribution in [-0.2, 0) is 6.54 Å². The van der Waals surface area contributed by atoms with E-state index in [1.807, 2.05) is 12.3 Å². The molecule has 0 bridgehead atoms. The highest BCUT2D eigenvalue weighted by atomic mass is 32.1. The van der Waals surface area contributed by atoms with Crippen LogP contribution in [-0.4, -0.2) is 63.0 Å². The molecular weight excluding hydrogens is 329 g/mol. The Hall–Kier alpha value is -1.80. The molecule has 1 aliphatic heterocycles. The van der Waals surface area contributed by atoms with Crippen molar-refractivity contribution in [2.45, 2.75) is 39.0 Å². The van der Waals surface area contributed by atoms with Crippen LogP contribution in [0.25, 0.3) is 0 Å². The van der Waals surface area contributed by atoms with Gasteiger partial charge in [-0.1, -0.05) is 0 Å². The number of H-pyrrole nitrogens is 1. The zero-order valence-electron chi connectivity index (χ0n) is 14.1. The maximum atomic E-state index is 13.9. The van der Waals surface area contributed by atoms with E-state index in [1.165, 1.54) is 6.20 Å². The summed E-state index contributed by atoms with van der Waals surface area (Å²) in [5.41, 5.74) is 1.43. The first-order chi connectivity index (χ1) is 11.4. The summed E-state index contributed by atoms with van der Waals surface area (Å²) in [7, 11) is 1.75. The Kier molecular flexibility index (Phi) is 4.96. The molecule has 0 spiro atoms. The van der Waals surface area contributed by atoms with Gasteiger partial charge in [0.2, 0.25) is 0 Å². The van der Waals surface area contributed by atoms with E-state index in [1.54, 1.807) is 30.2 Å². The SMILES string of the molecule is Cc1ncc(C(=O)N(C)C[C@@H]2C[C@H](F)CN2Cc2csc(C)n2)[nH]1. The van der Waals surface area contributed by atoms with Crippen molar-refractivity contribution in [1.29, 1.82) is 0 Å². The Morgan fingerprint density at radius 3 is 2.96 bits per heavy atom. The molecule has 0 radical (unpaired) electrons. The zero-order chi connectivity index (χ0) is 17.3. The standard InChI is InChI=1S/C16H22FN5OS/c1-10-18-5-15(19-10)16(23)21(3)8-14-4-12(17)6-22(14)7-13-9-24-11(2)20-13/h5,9,12,14H,4,6-8H2,1-3H3,(H,18,19)/t12-,14-/m0/s1. The zero-order valence-corrected chi connectivity index (χ0v) is 14.9. The van der Waals surface area contributed by atoms with Crippen LogP contribution in [0.15, 0.2) is 11.6 Å². The molecule has 2 atom stereocenters. The highest BCUT2D eigenvalue weighted by Gasteiger charge is 2.34. The van der Waals surface area contributed by atoms with Crippen molar-refractivity contribution in [3.8, 4) is 0 Å². The number of nitrogens with zero attached hydrogens (tertiary/aromatic N) is 4. The molecule has 0 unspecified atom stereocenters. The summed E-state index contributed by atoms with van der Waals surface area (Å²) in [4.78, 5) is 27.6. The Morgan fingerprint density at radius 1 is 1.54 bits per heavy atom. The molecule has 0 aromatic carbocycles. The molecule has 130 valence electrons. The summed E-state index contributed by atoms with van der Waals surface area (Å²) in [5.74, 6) is 0.583. The molecule has 1 fully saturated rings. The maximum absolute atomic E-state index is 13.9. The third kappa shape index (κ3) is 3.81. The van der Waals surface area contributed by atoms with Gasteiger partial charge in [0.1, 0.15) is 17.7 Å². The predicted molar refractivity (Wildman–Crippen MR) is 90.8 cm³/mol. The molecule has 1 aliphatic rings. The van der Waals surface area contributed by atoms with E-state index < -0.39 is 6.17 Å². The number of rotatable bonds is 5. The molecule has 1 N–H and O–H groups in total. The lowest BCUT2D eigenvalue weighted by molar-refractivity contribution is 0.0744. The minimum Gasteiger partial charge on any atom is -0.339 e. The van der Waals surface area contributed by atoms with Gasteiger partial charge in [-0.3, -0.25) is 9.69 Å². The quantitative estimate of drug-likeness (QED) is 0.897. The topological polar surface area (TPSA) is 65.1 Å². The van der Waals surface area contributed by atoms with Gasteiger partial charge in [-0.25, -0.2) is 14.4 Å². The molecule has 1 saturated heterocycles. The monoisotopic (exact) mass is 351 g/mol. The number of carbonyl (C=O) groups excluding carboxylic acids is 1. The van der Waals surface area contributed by atoms with Crippen molar-refractivity contribution in [3.63, 3.8) is 0 Å². The summed E-state index contributed by atoms with van der Waals surface area (Å²) >= 11 is 1.60. The van der Waals surface area contributed by atoms with Crippen molar-refractivity contribution in [2.24, 2.45) is 0 Å². The number of likely N-dealkylation sites (tertiary alicyclic amines) is 1. The van der Waals surface area contributed by atoms with Gasteiger partial charge in [-0.2, -0.15) is 0 Å². The van der Waals surface area contributed by atoms with E-state index in [0.717, 1.165) is 10.7 Å². The first-order valence-electron chi connectivity index (χ1n) is 7.98. The number of nitrogens with one attached hydrogen (secondary N) is 1. The molecule has 6 nitrogen and oxygen atoms in total. The number of aromatic amines is 1. The fourth-order valence-corrected chi connectivity index (χ4v) is 3.73. The molecular formula is C16H22FN5OS. The highest BCUT2D eigenvalue weighted by molar-refractivity contribution is 7.09. The van der Waals surface area contributed by atoms with Crippen LogP contribution >= 0.6 is 11.3 Å². The fraction of sp³-hybridized carbons (Fsp3) is 0.562. The van der Waals surface area contributed by atoms with Crippen LogP contribution in [0.1, 0.15) is 33.4 Å². The van der Waals surface area contributed by atoms with Crippen LogP contribution in [0, 0.1) is 13.8 Å². The lowest BCUT2D eigenvalue weighted by Crippen LogP contribution is -2.41. The van der Waals surface area contributed by atoms with Gasteiger partial charge in [0.25, 0.3) is 5.91 Å². The Morgan fingerprint density at radius 2 is 2.33 bits per heavy atom. The van der Waals surface area contributed by atoms with Gasteiger partial charge in [-0.15, -0.1) is 11.3 Å². The minimum atomic E-state index is -0.854. The van der Waals surface area contributed by atoms with Crippen molar-refractivity contribution in [1.82, 2.24) is 24.8 Å². The van der Waals surface area contributed by atoms with E-state index in [9.17, 15) is 9.18 Å². The Balaban J connectivity index is 1.64. The third-order valence-electron chi connectivity index (χ3n) is 4.27. The van der Waals surface area contributed by atoms with Gasteiger partial charge in [0, 0.05) is 38.1 Å². The summed E-state index contributed by atoms with van der Waals surface area (Å²) in [5, 5.41) is 3.03. The van der Waals surface area contributed by atoms with Crippen LogP contribution in [0.3, 0.4) is 0 Å². The minimum absolute atomic E-state index is 0.0000236. The van der Waals surface area contributed by atoms with E-state index in [2.05, 4.69) is 19.9 Å². The van der Waals surface area contributed by atoms with E-state index >= 15 is 0 Å². The molecule has 2 aromatic rings. The lowest BCUT2D eigenvalue weighted by Gasteiger charge is -2.27. The number of hydrogen-bond acceptors (Lipinski definition) is 5. The third-order valence-corrected chi connectivity index (χ3v) is 5.10. The number of amides is 1. The van der Waals surface area contributed by atoms with Crippen LogP contribution in [0.2, 0.25) is 0 Å². The summed E-state index contributed by atoms with van der Waals surface area (Å²) < 4.78 is 13.9. The van der Waals surface area contributed by atoms with Crippen LogP contribution < -0.4 is 0 Å². The number of imidazole rings is 1. The van der Waals surface area contributed by atoms with Crippen molar-refractivity contribution in [2.75, 3.05) is 20.1 Å². The van der Waals surface area contributed by atoms with E-state index in [4.69, 9.17) is 0 Å². The number of aryl methyl sites for hydroxylation is 2. The molecule has 1 amide bonds. The average Bonchev–Trinajstić information content (AvgIpc) is 3.21. The first kappa shape index (κ1) is 17.0. The van der Waals surface area contributed by atoms with Gasteiger partial charge < -0.3 is 9.88 Å². The largest absolute Gasteiger partial charge is 0.339 e. The summed E-state index contributed by atoms with van der Waals surface area (Å²) in [6.07, 6.45) is 1.13. The summed E-state index contributed by atoms with van der Waals surface area (Å²) in [6.45, 7) is 5.28. The molecule has 3 heterocycles. The second-order valence-corrected chi connectivity index (χ2v) is 7.40. The van der Waals surface area contributed by atoms with Crippen LogP contribution in [0.5, 0.6) is 0 Å². The molecule has 24 heavy (non-hydrogen) atoms. The Bertz CT molecular complexity index is 715. The van der Waals surface area contributed by atoms with Gasteiger partial charge in [0.05, 0.1) is 16.9 Å². The number of halogens is 1. The van der Waals surface area contributed by atoms with E-state index in [0.29, 0.717) is 37.6 Å². The molecule has 0 saturated carbocycles. The molecule has 8 heteroatoms. The number of likely N-dealkylation sites (N-methyl/N-ethyl adjacent to an activating group) is 1. The van der Waals surface area contributed by atoms with Gasteiger partial charge in [0.15, 0.2) is 0 Å². The smallest absolute Gasteiger partial charge is 0.271 e. The second-order valence-electron chi connectivity index (χ2n) is 6.34. The second kappa shape index (κ2) is 6.98. The maximum Gasteiger partial charge on any atom is 0.271 e.